The van der Waals surface area contributed by atoms with E-state index in [9.17, 15) is 16.8 Å². The Morgan fingerprint density at radius 2 is 0.967 bits per heavy atom. The highest BCUT2D eigenvalue weighted by atomic mass is 32.2. The molecule has 8 nitrogen and oxygen atoms in total. The normalized spacial score (nSPS) is 18.1. The second kappa shape index (κ2) is 11.5. The zero-order valence-electron chi connectivity index (χ0n) is 24.1. The molecule has 2 aromatic carbocycles. The summed E-state index contributed by atoms with van der Waals surface area (Å²) in [5.41, 5.74) is 1.46. The third-order valence-electron chi connectivity index (χ3n) is 3.40. The monoisotopic (exact) mass is 466 g/mol. The lowest BCUT2D eigenvalue weighted by molar-refractivity contribution is 0.0285. The van der Waals surface area contributed by atoms with Crippen molar-refractivity contribution in [3.8, 4) is 0 Å². The molecule has 0 aliphatic heterocycles. The average Bonchev–Trinajstić information content (AvgIpc) is 2.76. The van der Waals surface area contributed by atoms with Crippen LogP contribution in [-0.4, -0.2) is 56.3 Å². The summed E-state index contributed by atoms with van der Waals surface area (Å²) in [7, 11) is -9.27. The molecular weight excluding hydrogens is 432 g/mol. The van der Waals surface area contributed by atoms with Crippen LogP contribution in [0.15, 0.2) is 58.3 Å². The minimum atomic E-state index is -4.64. The van der Waals surface area contributed by atoms with Gasteiger partial charge in [-0.2, -0.15) is 16.8 Å². The van der Waals surface area contributed by atoms with Crippen LogP contribution in [0.4, 0.5) is 0 Å². The molecule has 0 radical (unpaired) electrons. The maximum Gasteiger partial charge on any atom is 0.297 e. The van der Waals surface area contributed by atoms with Crippen LogP contribution in [0.25, 0.3) is 0 Å². The predicted octanol–water partition coefficient (Wildman–Crippen LogP) is 2.45. The van der Waals surface area contributed by atoms with E-state index < -0.39 is 59.7 Å². The van der Waals surface area contributed by atoms with E-state index in [0.717, 1.165) is 11.1 Å². The predicted molar refractivity (Wildman–Crippen MR) is 110 cm³/mol. The van der Waals surface area contributed by atoms with Crippen molar-refractivity contribution < 1.29 is 45.6 Å². The van der Waals surface area contributed by atoms with Crippen LogP contribution in [0.3, 0.4) is 0 Å². The van der Waals surface area contributed by atoms with Gasteiger partial charge in [-0.15, -0.1) is 0 Å². The van der Waals surface area contributed by atoms with Crippen LogP contribution in [-0.2, 0) is 38.1 Å². The Bertz CT molecular complexity index is 1210. The van der Waals surface area contributed by atoms with Crippen molar-refractivity contribution in [2.75, 3.05) is 39.4 Å². The van der Waals surface area contributed by atoms with Crippen molar-refractivity contribution in [3.05, 3.63) is 59.7 Å². The first kappa shape index (κ1) is 15.1. The lowest BCUT2D eigenvalue weighted by atomic mass is 10.2. The Labute approximate surface area is 189 Å². The quantitative estimate of drug-likeness (QED) is 0.415. The molecule has 0 aliphatic carbocycles. The second-order valence-corrected chi connectivity index (χ2v) is 8.86. The van der Waals surface area contributed by atoms with Crippen LogP contribution >= 0.6 is 0 Å². The molecule has 2 rings (SSSR count). The number of benzene rings is 2. The van der Waals surface area contributed by atoms with E-state index in [1.807, 2.05) is 0 Å². The van der Waals surface area contributed by atoms with Gasteiger partial charge in [0, 0.05) is 0 Å². The average molecular weight is 467 g/mol. The molecule has 0 atom stereocenters. The van der Waals surface area contributed by atoms with Crippen molar-refractivity contribution in [2.24, 2.45) is 0 Å². The van der Waals surface area contributed by atoms with Gasteiger partial charge in [0.1, 0.15) is 0 Å². The smallest absolute Gasteiger partial charge is 0.297 e. The fourth-order valence-corrected chi connectivity index (χ4v) is 3.44. The molecule has 10 heteroatoms. The maximum atomic E-state index is 12.3. The van der Waals surface area contributed by atoms with Crippen molar-refractivity contribution in [1.82, 2.24) is 0 Å². The van der Waals surface area contributed by atoms with Gasteiger partial charge in [0.05, 0.1) is 60.2 Å². The van der Waals surface area contributed by atoms with E-state index in [1.165, 1.54) is 48.5 Å². The molecule has 0 saturated carbocycles. The molecule has 0 aliphatic rings. The van der Waals surface area contributed by atoms with Gasteiger partial charge < -0.3 is 9.47 Å². The molecule has 0 heterocycles. The summed E-state index contributed by atoms with van der Waals surface area (Å²) in [5.74, 6) is 0. The number of rotatable bonds is 13. The van der Waals surface area contributed by atoms with Gasteiger partial charge in [0.15, 0.2) is 0 Å². The van der Waals surface area contributed by atoms with E-state index in [0.29, 0.717) is 0 Å². The molecule has 0 spiro atoms. The third kappa shape index (κ3) is 8.13. The molecule has 0 aromatic heterocycles. The summed E-state index contributed by atoms with van der Waals surface area (Å²) >= 11 is 0. The van der Waals surface area contributed by atoms with Crippen LogP contribution in [0.5, 0.6) is 0 Å². The fourth-order valence-electron chi connectivity index (χ4n) is 1.90. The van der Waals surface area contributed by atoms with Crippen LogP contribution < -0.4 is 0 Å². The largest absolute Gasteiger partial charge is 0.377 e. The number of aryl methyl sites for hydroxylation is 2. The van der Waals surface area contributed by atoms with Crippen molar-refractivity contribution in [3.63, 3.8) is 0 Å². The lowest BCUT2D eigenvalue weighted by Crippen LogP contribution is -2.15. The van der Waals surface area contributed by atoms with Crippen molar-refractivity contribution >= 4 is 20.2 Å². The van der Waals surface area contributed by atoms with E-state index in [-0.39, 0.29) is 9.79 Å². The molecule has 2 aromatic rings. The molecule has 166 valence electrons. The van der Waals surface area contributed by atoms with E-state index in [1.54, 1.807) is 13.8 Å². The third-order valence-corrected chi connectivity index (χ3v) is 5.78. The van der Waals surface area contributed by atoms with Gasteiger partial charge in [-0.05, 0) is 38.1 Å². The minimum Gasteiger partial charge on any atom is -0.377 e. The summed E-state index contributed by atoms with van der Waals surface area (Å²) in [5, 5.41) is 0. The molecule has 30 heavy (non-hydrogen) atoms. The number of hydrogen-bond donors (Lipinski definition) is 0. The zero-order valence-corrected chi connectivity index (χ0v) is 17.7. The number of hydrogen-bond acceptors (Lipinski definition) is 8. The first-order valence-electron chi connectivity index (χ1n) is 12.4. The fraction of sp³-hybridized carbons (Fsp3) is 0.400. The lowest BCUT2D eigenvalue weighted by Gasteiger charge is -2.08. The van der Waals surface area contributed by atoms with Gasteiger partial charge in [-0.3, -0.25) is 8.37 Å². The minimum absolute atomic E-state index is 0.378. The van der Waals surface area contributed by atoms with E-state index in [4.69, 9.17) is 11.0 Å². The Hall–Kier alpha value is -1.82. The Balaban J connectivity index is 2.03. The van der Waals surface area contributed by atoms with Gasteiger partial charge in [0.2, 0.25) is 0 Å². The molecule has 0 fully saturated rings. The van der Waals surface area contributed by atoms with E-state index >= 15 is 0 Å². The van der Waals surface area contributed by atoms with Crippen LogP contribution in [0.1, 0.15) is 22.1 Å². The maximum absolute atomic E-state index is 12.3. The Kier molecular flexibility index (Phi) is 5.79. The van der Waals surface area contributed by atoms with Gasteiger partial charge in [-0.25, -0.2) is 0 Å². The number of ether oxygens (including phenoxy) is 2. The summed E-state index contributed by atoms with van der Waals surface area (Å²) in [6, 6.07) is 10.5. The highest BCUT2D eigenvalue weighted by molar-refractivity contribution is 7.87. The van der Waals surface area contributed by atoms with Gasteiger partial charge >= 0.3 is 0 Å². The summed E-state index contributed by atoms with van der Waals surface area (Å²) in [6.45, 7) is -12.7. The summed E-state index contributed by atoms with van der Waals surface area (Å²) in [4.78, 5) is -0.757. The summed E-state index contributed by atoms with van der Waals surface area (Å²) in [6.07, 6.45) is 0. The Morgan fingerprint density at radius 1 is 0.633 bits per heavy atom. The first-order chi connectivity index (χ1) is 17.1. The first-order valence-corrected chi connectivity index (χ1v) is 11.2. The Morgan fingerprint density at radius 3 is 1.30 bits per heavy atom. The zero-order chi connectivity index (χ0) is 29.2. The molecule has 0 N–H and O–H groups in total. The molecule has 0 saturated heterocycles. The van der Waals surface area contributed by atoms with Crippen LogP contribution in [0.2, 0.25) is 0 Å². The summed E-state index contributed by atoms with van der Waals surface area (Å²) < 4.78 is 129. The topological polar surface area (TPSA) is 105 Å². The van der Waals surface area contributed by atoms with Crippen LogP contribution in [0, 0.1) is 13.8 Å². The molecular formula is C20H26O8S2. The SMILES string of the molecule is [2H]C([2H])(COC([2H])([2H])C([2H])([2H])OCC([2H])([2H])OS(=O)(=O)c1ccc(C)cc1)OS(=O)(=O)c1ccc(C)cc1. The molecule has 0 amide bonds. The second-order valence-electron chi connectivity index (χ2n) is 5.77. The molecule has 0 unspecified atom stereocenters. The van der Waals surface area contributed by atoms with Crippen molar-refractivity contribution in [2.45, 2.75) is 23.6 Å². The molecule has 0 bridgehead atoms. The van der Waals surface area contributed by atoms with Gasteiger partial charge in [-0.1, -0.05) is 35.4 Å². The van der Waals surface area contributed by atoms with E-state index in [2.05, 4.69) is 17.8 Å². The highest BCUT2D eigenvalue weighted by Crippen LogP contribution is 2.14. The highest BCUT2D eigenvalue weighted by Gasteiger charge is 2.15. The standard InChI is InChI=1S/C20H26O8S2/c1-17-3-7-19(8-4-17)29(21,22)27-15-13-25-11-12-26-14-16-28-30(23,24)20-9-5-18(2)6-10-20/h3-10H,11-16H2,1-2H3/i11D2,12D2,15D2,16D2. The van der Waals surface area contributed by atoms with Crippen molar-refractivity contribution in [1.29, 1.82) is 0 Å². The van der Waals surface area contributed by atoms with Gasteiger partial charge in [0.25, 0.3) is 20.2 Å².